The number of rotatable bonds is 9. The van der Waals surface area contributed by atoms with E-state index in [0.717, 1.165) is 44.8 Å². The molecule has 0 saturated heterocycles. The summed E-state index contributed by atoms with van der Waals surface area (Å²) in [5.74, 6) is 0.564. The highest BCUT2D eigenvalue weighted by atomic mass is 35.5. The maximum atomic E-state index is 6.76. The molecule has 3 rings (SSSR count). The van der Waals surface area contributed by atoms with E-state index < -0.39 is 6.17 Å². The second kappa shape index (κ2) is 10.4. The van der Waals surface area contributed by atoms with Crippen LogP contribution in [0.5, 0.6) is 0 Å². The van der Waals surface area contributed by atoms with Gasteiger partial charge in [0.25, 0.3) is 0 Å². The van der Waals surface area contributed by atoms with Crippen LogP contribution in [0.1, 0.15) is 47.1 Å². The van der Waals surface area contributed by atoms with Crippen LogP contribution in [0.3, 0.4) is 0 Å². The van der Waals surface area contributed by atoms with Gasteiger partial charge in [-0.1, -0.05) is 56.3 Å². The summed E-state index contributed by atoms with van der Waals surface area (Å²) in [6.07, 6.45) is 4.17. The lowest BCUT2D eigenvalue weighted by Gasteiger charge is -2.12. The Hall–Kier alpha value is -2.15. The Kier molecular flexibility index (Phi) is 7.92. The highest BCUT2D eigenvalue weighted by Gasteiger charge is 2.14. The number of benzene rings is 2. The minimum atomic E-state index is -0.482. The van der Waals surface area contributed by atoms with Crippen LogP contribution >= 0.6 is 22.9 Å². The van der Waals surface area contributed by atoms with E-state index in [0.29, 0.717) is 12.2 Å². The Bertz CT molecular complexity index is 1100. The summed E-state index contributed by atoms with van der Waals surface area (Å²) in [5.41, 5.74) is 22.6. The molecule has 3 aromatic rings. The summed E-state index contributed by atoms with van der Waals surface area (Å²) in [7, 11) is 0. The lowest BCUT2D eigenvalue weighted by atomic mass is 10.00. The van der Waals surface area contributed by atoms with Gasteiger partial charge in [0.15, 0.2) is 0 Å². The van der Waals surface area contributed by atoms with Gasteiger partial charge in [0.2, 0.25) is 0 Å². The first-order chi connectivity index (χ1) is 14.9. The first kappa shape index (κ1) is 23.5. The maximum Gasteiger partial charge on any atom is 0.137 e. The fourth-order valence-electron chi connectivity index (χ4n) is 3.69. The molecule has 1 heterocycles. The fourth-order valence-corrected chi connectivity index (χ4v) is 5.27. The zero-order chi connectivity index (χ0) is 22.5. The van der Waals surface area contributed by atoms with Crippen molar-refractivity contribution in [1.29, 1.82) is 0 Å². The molecule has 0 aliphatic heterocycles. The predicted molar refractivity (Wildman–Crippen MR) is 134 cm³/mol. The molecule has 0 aliphatic carbocycles. The zero-order valence-corrected chi connectivity index (χ0v) is 19.7. The van der Waals surface area contributed by atoms with Crippen molar-refractivity contribution in [2.75, 3.05) is 6.73 Å². The van der Waals surface area contributed by atoms with Crippen LogP contribution in [-0.2, 0) is 24.0 Å². The van der Waals surface area contributed by atoms with Crippen molar-refractivity contribution in [1.82, 2.24) is 0 Å². The molecule has 0 fully saturated rings. The molecule has 0 spiro atoms. The van der Waals surface area contributed by atoms with E-state index in [4.69, 9.17) is 33.5 Å². The second-order valence-electron chi connectivity index (χ2n) is 7.44. The SMILES string of the molecule is C=C(OCN)/C(=C/c1cc2c(Cl)c(CC)c(CC)cc2s1)Cc1ccc(C(N)N)cc1. The topological polar surface area (TPSA) is 87.3 Å². The molecule has 0 radical (unpaired) electrons. The van der Waals surface area contributed by atoms with Crippen molar-refractivity contribution < 1.29 is 4.74 Å². The lowest BCUT2D eigenvalue weighted by molar-refractivity contribution is 0.230. The van der Waals surface area contributed by atoms with E-state index in [2.05, 4.69) is 38.6 Å². The minimum Gasteiger partial charge on any atom is -0.479 e. The van der Waals surface area contributed by atoms with Gasteiger partial charge in [-0.05, 0) is 58.9 Å². The van der Waals surface area contributed by atoms with Gasteiger partial charge in [-0.2, -0.15) is 0 Å². The molecule has 0 saturated carbocycles. The Labute approximate surface area is 193 Å². The highest BCUT2D eigenvalue weighted by molar-refractivity contribution is 7.20. The van der Waals surface area contributed by atoms with Crippen molar-refractivity contribution in [3.63, 3.8) is 0 Å². The van der Waals surface area contributed by atoms with Crippen LogP contribution < -0.4 is 17.2 Å². The summed E-state index contributed by atoms with van der Waals surface area (Å²) < 4.78 is 6.73. The van der Waals surface area contributed by atoms with Gasteiger partial charge < -0.3 is 16.2 Å². The summed E-state index contributed by atoms with van der Waals surface area (Å²) in [6.45, 7) is 8.47. The molecular weight excluding hydrogens is 426 g/mol. The van der Waals surface area contributed by atoms with Gasteiger partial charge >= 0.3 is 0 Å². The molecule has 0 aliphatic rings. The molecule has 0 amide bonds. The van der Waals surface area contributed by atoms with E-state index in [1.165, 1.54) is 15.8 Å². The first-order valence-corrected chi connectivity index (χ1v) is 11.6. The van der Waals surface area contributed by atoms with Gasteiger partial charge in [-0.3, -0.25) is 5.73 Å². The number of allylic oxidation sites excluding steroid dienone is 1. The molecule has 6 heteroatoms. The first-order valence-electron chi connectivity index (χ1n) is 10.4. The van der Waals surface area contributed by atoms with Crippen LogP contribution in [-0.4, -0.2) is 6.73 Å². The predicted octanol–water partition coefficient (Wildman–Crippen LogP) is 5.67. The molecule has 6 N–H and O–H groups in total. The number of fused-ring (bicyclic) bond motifs is 1. The smallest absolute Gasteiger partial charge is 0.137 e. The van der Waals surface area contributed by atoms with Crippen molar-refractivity contribution in [2.24, 2.45) is 17.2 Å². The summed E-state index contributed by atoms with van der Waals surface area (Å²) in [4.78, 5) is 1.10. The van der Waals surface area contributed by atoms with Crippen LogP contribution in [0.25, 0.3) is 16.2 Å². The third-order valence-electron chi connectivity index (χ3n) is 5.40. The Morgan fingerprint density at radius 2 is 1.87 bits per heavy atom. The molecule has 0 unspecified atom stereocenters. The van der Waals surface area contributed by atoms with Gasteiger partial charge in [0, 0.05) is 21.4 Å². The fraction of sp³-hybridized carbons (Fsp3) is 0.280. The largest absolute Gasteiger partial charge is 0.479 e. The van der Waals surface area contributed by atoms with Crippen LogP contribution in [0, 0.1) is 0 Å². The van der Waals surface area contributed by atoms with E-state index in [9.17, 15) is 0 Å². The van der Waals surface area contributed by atoms with Crippen LogP contribution in [0.2, 0.25) is 5.02 Å². The third kappa shape index (κ3) is 5.37. The van der Waals surface area contributed by atoms with Gasteiger partial charge in [0.05, 0.1) is 11.2 Å². The molecule has 0 bridgehead atoms. The van der Waals surface area contributed by atoms with E-state index >= 15 is 0 Å². The average Bonchev–Trinajstić information content (AvgIpc) is 3.16. The van der Waals surface area contributed by atoms with Crippen LogP contribution in [0.15, 0.2) is 54.3 Å². The number of halogens is 1. The summed E-state index contributed by atoms with van der Waals surface area (Å²) in [6, 6.07) is 12.3. The number of hydrogen-bond donors (Lipinski definition) is 3. The monoisotopic (exact) mass is 455 g/mol. The highest BCUT2D eigenvalue weighted by Crippen LogP contribution is 2.37. The summed E-state index contributed by atoms with van der Waals surface area (Å²) >= 11 is 8.48. The van der Waals surface area contributed by atoms with Crippen molar-refractivity contribution in [3.05, 3.63) is 86.5 Å². The Morgan fingerprint density at radius 1 is 1.16 bits per heavy atom. The molecule has 164 valence electrons. The van der Waals surface area contributed by atoms with Crippen molar-refractivity contribution in [3.8, 4) is 0 Å². The molecular formula is C25H30ClN3OS. The van der Waals surface area contributed by atoms with Crippen LogP contribution in [0.4, 0.5) is 0 Å². The van der Waals surface area contributed by atoms with Gasteiger partial charge in [-0.15, -0.1) is 11.3 Å². The molecule has 0 atom stereocenters. The second-order valence-corrected chi connectivity index (χ2v) is 8.94. The van der Waals surface area contributed by atoms with Crippen molar-refractivity contribution in [2.45, 2.75) is 39.3 Å². The molecule has 2 aromatic carbocycles. The molecule has 31 heavy (non-hydrogen) atoms. The number of thiophene rings is 1. The van der Waals surface area contributed by atoms with Gasteiger partial charge in [0.1, 0.15) is 12.5 Å². The molecule has 1 aromatic heterocycles. The molecule has 4 nitrogen and oxygen atoms in total. The van der Waals surface area contributed by atoms with Crippen molar-refractivity contribution >= 4 is 39.1 Å². The summed E-state index contributed by atoms with van der Waals surface area (Å²) in [5, 5.41) is 1.96. The Balaban J connectivity index is 2.00. The zero-order valence-electron chi connectivity index (χ0n) is 18.1. The van der Waals surface area contributed by atoms with E-state index in [-0.39, 0.29) is 6.73 Å². The average molecular weight is 456 g/mol. The lowest BCUT2D eigenvalue weighted by Crippen LogP contribution is -2.19. The van der Waals surface area contributed by atoms with Gasteiger partial charge in [-0.25, -0.2) is 0 Å². The standard InChI is InChI=1S/C25H30ClN3OS/c1-4-17-12-23-22(24(26)21(17)5-2)13-20(31-23)11-19(15(3)30-14-27)10-16-6-8-18(9-7-16)25(28)29/h6-9,11-13,25H,3-5,10,14,27-29H2,1-2H3/b19-11+. The van der Waals surface area contributed by atoms with E-state index in [1.807, 2.05) is 24.3 Å². The maximum absolute atomic E-state index is 6.76. The normalized spacial score (nSPS) is 12.0. The quantitative estimate of drug-likeness (QED) is 0.220. The minimum absolute atomic E-state index is 0.0785. The number of ether oxygens (including phenoxy) is 1. The van der Waals surface area contributed by atoms with E-state index in [1.54, 1.807) is 11.3 Å². The third-order valence-corrected chi connectivity index (χ3v) is 6.86. The number of nitrogens with two attached hydrogens (primary N) is 3. The number of aryl methyl sites for hydroxylation is 1. The number of hydrogen-bond acceptors (Lipinski definition) is 5. The Morgan fingerprint density at radius 3 is 2.45 bits per heavy atom.